The van der Waals surface area contributed by atoms with Gasteiger partial charge in [0.15, 0.2) is 0 Å². The maximum atomic E-state index is 5.51. The van der Waals surface area contributed by atoms with E-state index in [-0.39, 0.29) is 0 Å². The minimum absolute atomic E-state index is 0.826. The van der Waals surface area contributed by atoms with Crippen molar-refractivity contribution in [3.05, 3.63) is 169 Å². The monoisotopic (exact) mass is 694 g/mol. The normalized spacial score (nSPS) is 12.7. The second-order valence-electron chi connectivity index (χ2n) is 13.9. The zero-order valence-electron chi connectivity index (χ0n) is 29.9. The van der Waals surface area contributed by atoms with Crippen LogP contribution in [0.15, 0.2) is 153 Å². The molecule has 256 valence electrons. The molecule has 0 spiro atoms. The topological polar surface area (TPSA) is 76.5 Å². The fourth-order valence-corrected chi connectivity index (χ4v) is 8.15. The predicted octanol–water partition coefficient (Wildman–Crippen LogP) is 11.1. The quantitative estimate of drug-likeness (QED) is 0.143. The van der Waals surface area contributed by atoms with Gasteiger partial charge in [0, 0.05) is 88.2 Å². The van der Waals surface area contributed by atoms with E-state index in [4.69, 9.17) is 9.97 Å². The summed E-state index contributed by atoms with van der Waals surface area (Å²) in [6.45, 7) is 5.30. The molecule has 1 N–H and O–H groups in total. The Labute approximate surface area is 312 Å². The van der Waals surface area contributed by atoms with Gasteiger partial charge in [-0.2, -0.15) is 0 Å². The lowest BCUT2D eigenvalue weighted by Gasteiger charge is -2.21. The van der Waals surface area contributed by atoms with Gasteiger partial charge < -0.3 is 5.32 Å². The van der Waals surface area contributed by atoms with Crippen molar-refractivity contribution in [2.45, 2.75) is 13.8 Å². The van der Waals surface area contributed by atoms with Crippen LogP contribution in [0.5, 0.6) is 0 Å². The summed E-state index contributed by atoms with van der Waals surface area (Å²) >= 11 is 0. The molecule has 0 fully saturated rings. The number of benzene rings is 4. The Morgan fingerprint density at radius 1 is 0.481 bits per heavy atom. The highest BCUT2D eigenvalue weighted by Gasteiger charge is 2.23. The van der Waals surface area contributed by atoms with Crippen LogP contribution in [0.4, 0.5) is 0 Å². The van der Waals surface area contributed by atoms with E-state index >= 15 is 0 Å². The Bertz CT molecular complexity index is 2990. The van der Waals surface area contributed by atoms with Crippen molar-refractivity contribution in [3.8, 4) is 44.8 Å². The lowest BCUT2D eigenvalue weighted by molar-refractivity contribution is 0.976. The van der Waals surface area contributed by atoms with Crippen LogP contribution >= 0.6 is 0 Å². The van der Waals surface area contributed by atoms with Crippen LogP contribution in [0.2, 0.25) is 0 Å². The first kappa shape index (κ1) is 31.7. The number of allylic oxidation sites excluding steroid dienone is 2. The third kappa shape index (κ3) is 5.22. The van der Waals surface area contributed by atoms with E-state index < -0.39 is 0 Å². The summed E-state index contributed by atoms with van der Waals surface area (Å²) in [5.41, 5.74) is 14.7. The number of fused-ring (bicyclic) bond motifs is 6. The summed E-state index contributed by atoms with van der Waals surface area (Å²) in [4.78, 5) is 24.3. The smallest absolute Gasteiger partial charge is 0.0806 e. The van der Waals surface area contributed by atoms with Crippen molar-refractivity contribution in [2.24, 2.45) is 0 Å². The number of para-hydroxylation sites is 1. The van der Waals surface area contributed by atoms with E-state index in [0.717, 1.165) is 101 Å². The number of aryl methyl sites for hydroxylation is 2. The fourth-order valence-electron chi connectivity index (χ4n) is 8.15. The van der Waals surface area contributed by atoms with Crippen LogP contribution in [0.3, 0.4) is 0 Å². The maximum absolute atomic E-state index is 5.51. The number of hydrogen-bond acceptors (Lipinski definition) is 6. The molecule has 0 aliphatic carbocycles. The minimum atomic E-state index is 0.826. The second kappa shape index (κ2) is 12.9. The molecular formula is C48H34N6. The van der Waals surface area contributed by atoms with E-state index in [0.29, 0.717) is 0 Å². The molecule has 9 aromatic rings. The summed E-state index contributed by atoms with van der Waals surface area (Å²) in [6, 6.07) is 34.2. The number of pyridine rings is 5. The highest BCUT2D eigenvalue weighted by Crippen LogP contribution is 2.46. The summed E-state index contributed by atoms with van der Waals surface area (Å²) in [5, 5.41) is 10.2. The average Bonchev–Trinajstić information content (AvgIpc) is 3.25. The van der Waals surface area contributed by atoms with Crippen molar-refractivity contribution in [1.29, 1.82) is 0 Å². The highest BCUT2D eigenvalue weighted by molar-refractivity contribution is 6.25. The maximum Gasteiger partial charge on any atom is 0.0806 e. The van der Waals surface area contributed by atoms with Crippen LogP contribution in [0.1, 0.15) is 16.7 Å². The molecular weight excluding hydrogens is 661 g/mol. The summed E-state index contributed by atoms with van der Waals surface area (Å²) < 4.78 is 0. The van der Waals surface area contributed by atoms with Crippen molar-refractivity contribution >= 4 is 48.9 Å². The molecule has 1 aliphatic heterocycles. The van der Waals surface area contributed by atoms with Gasteiger partial charge >= 0.3 is 0 Å². The van der Waals surface area contributed by atoms with Gasteiger partial charge in [-0.15, -0.1) is 0 Å². The predicted molar refractivity (Wildman–Crippen MR) is 222 cm³/mol. The Morgan fingerprint density at radius 2 is 1.06 bits per heavy atom. The van der Waals surface area contributed by atoms with E-state index in [9.17, 15) is 0 Å². The van der Waals surface area contributed by atoms with E-state index in [1.165, 1.54) is 16.3 Å². The zero-order valence-corrected chi connectivity index (χ0v) is 29.9. The van der Waals surface area contributed by atoms with Gasteiger partial charge in [-0.3, -0.25) is 15.0 Å². The van der Waals surface area contributed by atoms with Gasteiger partial charge in [-0.1, -0.05) is 48.6 Å². The largest absolute Gasteiger partial charge is 0.387 e. The van der Waals surface area contributed by atoms with Crippen molar-refractivity contribution < 1.29 is 0 Å². The lowest BCUT2D eigenvalue weighted by Crippen LogP contribution is -2.08. The molecule has 4 aromatic carbocycles. The van der Waals surface area contributed by atoms with Gasteiger partial charge in [0.25, 0.3) is 0 Å². The molecule has 0 saturated carbocycles. The van der Waals surface area contributed by atoms with Crippen molar-refractivity contribution in [3.63, 3.8) is 0 Å². The number of rotatable bonds is 5. The van der Waals surface area contributed by atoms with Gasteiger partial charge in [-0.05, 0) is 124 Å². The molecule has 0 saturated heterocycles. The van der Waals surface area contributed by atoms with Crippen molar-refractivity contribution in [1.82, 2.24) is 30.2 Å². The average molecular weight is 695 g/mol. The van der Waals surface area contributed by atoms with Gasteiger partial charge in [0.2, 0.25) is 0 Å². The molecule has 5 aromatic heterocycles. The van der Waals surface area contributed by atoms with Crippen LogP contribution in [-0.2, 0) is 0 Å². The first-order valence-corrected chi connectivity index (χ1v) is 18.2. The molecule has 6 heteroatoms. The Morgan fingerprint density at radius 3 is 1.67 bits per heavy atom. The van der Waals surface area contributed by atoms with Crippen LogP contribution < -0.4 is 5.32 Å². The number of dihydropyridines is 1. The molecule has 6 nitrogen and oxygen atoms in total. The molecule has 1 aliphatic rings. The molecule has 0 atom stereocenters. The number of aromatic nitrogens is 5. The second-order valence-corrected chi connectivity index (χ2v) is 13.9. The molecule has 0 radical (unpaired) electrons. The number of nitrogens with one attached hydrogen (secondary N) is 1. The summed E-state index contributed by atoms with van der Waals surface area (Å²) in [7, 11) is 0. The molecule has 0 unspecified atom stereocenters. The molecule has 10 rings (SSSR count). The van der Waals surface area contributed by atoms with Crippen LogP contribution in [-0.4, -0.2) is 31.5 Å². The fraction of sp³-hybridized carbons (Fsp3) is 0.0625. The standard InChI is InChI=1S/C48H34N6/c1-29-43-39-13-3-4-14-41(39)53-47(34-11-7-19-51-27-34)45(43)30(2)44-40-16-15-31(24-42(40)54-48(46(29)44)35-12-8-20-52-28-35)36-21-37(32-9-5-17-49-25-32)23-38(22-36)33-10-6-18-50-26-33/h3-17,19-28,50H,18H2,1-2H3. The first-order chi connectivity index (χ1) is 26.6. The van der Waals surface area contributed by atoms with Gasteiger partial charge in [0.1, 0.15) is 0 Å². The third-order valence-electron chi connectivity index (χ3n) is 10.6. The van der Waals surface area contributed by atoms with E-state index in [2.05, 4.69) is 131 Å². The Balaban J connectivity index is 1.30. The third-order valence-corrected chi connectivity index (χ3v) is 10.6. The lowest BCUT2D eigenvalue weighted by atomic mass is 9.86. The first-order valence-electron chi connectivity index (χ1n) is 18.2. The Hall–Kier alpha value is -7.05. The highest BCUT2D eigenvalue weighted by atomic mass is 14.8. The Kier molecular flexibility index (Phi) is 7.54. The number of hydrogen-bond donors (Lipinski definition) is 1. The van der Waals surface area contributed by atoms with Gasteiger partial charge in [-0.25, -0.2) is 9.97 Å². The summed E-state index contributed by atoms with van der Waals surface area (Å²) in [6.07, 6.45) is 17.6. The van der Waals surface area contributed by atoms with Crippen molar-refractivity contribution in [2.75, 3.05) is 6.54 Å². The SMILES string of the molecule is Cc1c2c(-c3cccnc3)nc3cc(-c4cc(C5=CNCC=C5)cc(-c5cccnc5)c4)ccc3c2c(C)c2c(-c3cccnc3)nc3ccccc3c12. The molecule has 0 amide bonds. The van der Waals surface area contributed by atoms with Crippen LogP contribution in [0.25, 0.3) is 93.7 Å². The van der Waals surface area contributed by atoms with Gasteiger partial charge in [0.05, 0.1) is 22.4 Å². The zero-order chi connectivity index (χ0) is 36.2. The number of nitrogens with zero attached hydrogens (tertiary/aromatic N) is 5. The van der Waals surface area contributed by atoms with E-state index in [1.54, 1.807) is 0 Å². The van der Waals surface area contributed by atoms with Crippen LogP contribution in [0, 0.1) is 13.8 Å². The molecule has 0 bridgehead atoms. The minimum Gasteiger partial charge on any atom is -0.387 e. The summed E-state index contributed by atoms with van der Waals surface area (Å²) in [5.74, 6) is 0. The van der Waals surface area contributed by atoms with E-state index in [1.807, 2.05) is 55.4 Å². The molecule has 54 heavy (non-hydrogen) atoms. The molecule has 6 heterocycles.